The number of ether oxygens (including phenoxy) is 2. The number of carbonyl (C=O) groups excluding carboxylic acids is 1. The van der Waals surface area contributed by atoms with Crippen LogP contribution < -0.4 is 9.47 Å². The van der Waals surface area contributed by atoms with E-state index in [0.29, 0.717) is 28.8 Å². The Bertz CT molecular complexity index is 1080. The van der Waals surface area contributed by atoms with Gasteiger partial charge in [0.25, 0.3) is 11.8 Å². The van der Waals surface area contributed by atoms with Gasteiger partial charge in [-0.15, -0.1) is 0 Å². The van der Waals surface area contributed by atoms with Crippen molar-refractivity contribution >= 4 is 40.0 Å². The van der Waals surface area contributed by atoms with Crippen molar-refractivity contribution in [1.29, 1.82) is 0 Å². The molecule has 1 amide bonds. The van der Waals surface area contributed by atoms with E-state index >= 15 is 0 Å². The highest BCUT2D eigenvalue weighted by atomic mass is 35.5. The molecular formula is C19H18Cl2N4O3. The largest absolute Gasteiger partial charge is 0.490 e. The van der Waals surface area contributed by atoms with E-state index in [0.717, 1.165) is 22.2 Å². The molecule has 0 fully saturated rings. The second kappa shape index (κ2) is 7.14. The van der Waals surface area contributed by atoms with E-state index in [1.807, 2.05) is 13.0 Å². The molecule has 7 nitrogen and oxygen atoms in total. The predicted molar refractivity (Wildman–Crippen MR) is 107 cm³/mol. The summed E-state index contributed by atoms with van der Waals surface area (Å²) in [5, 5.41) is 1.94. The van der Waals surface area contributed by atoms with Crippen LogP contribution in [0.25, 0.3) is 10.9 Å². The molecule has 0 saturated heterocycles. The van der Waals surface area contributed by atoms with Gasteiger partial charge >= 0.3 is 0 Å². The fourth-order valence-electron chi connectivity index (χ4n) is 3.68. The summed E-state index contributed by atoms with van der Waals surface area (Å²) in [6.07, 6.45) is 2.11. The number of hydrogen-bond donors (Lipinski definition) is 1. The van der Waals surface area contributed by atoms with Gasteiger partial charge in [0.1, 0.15) is 0 Å². The SMILES string of the molecule is COc1cnc(C(=O)N2CCc3[nH]c4c(Cl)c(Cl)ccc4c3[C@@H]2C)nc1OC. The number of methoxy groups -OCH3 is 2. The lowest BCUT2D eigenvalue weighted by Gasteiger charge is -2.33. The maximum absolute atomic E-state index is 13.1. The first-order chi connectivity index (χ1) is 13.5. The first-order valence-electron chi connectivity index (χ1n) is 8.70. The number of hydrogen-bond acceptors (Lipinski definition) is 5. The lowest BCUT2D eigenvalue weighted by molar-refractivity contribution is 0.0664. The number of halogens is 2. The van der Waals surface area contributed by atoms with Crippen LogP contribution >= 0.6 is 23.2 Å². The molecule has 146 valence electrons. The molecule has 9 heteroatoms. The summed E-state index contributed by atoms with van der Waals surface area (Å²) in [5.74, 6) is 0.387. The van der Waals surface area contributed by atoms with Crippen molar-refractivity contribution < 1.29 is 14.3 Å². The molecule has 0 spiro atoms. The molecule has 3 aromatic rings. The summed E-state index contributed by atoms with van der Waals surface area (Å²) in [6, 6.07) is 3.51. The van der Waals surface area contributed by atoms with E-state index in [4.69, 9.17) is 32.7 Å². The molecule has 1 aliphatic heterocycles. The molecule has 1 aromatic carbocycles. The molecule has 3 heterocycles. The standard InChI is InChI=1S/C19H18Cl2N4O3/c1-9-14-10-4-5-11(20)15(21)16(10)23-12(14)6-7-25(9)19(26)17-22-8-13(27-2)18(24-17)28-3/h4-5,8-9,23H,6-7H2,1-3H3/t9-/m0/s1. The summed E-state index contributed by atoms with van der Waals surface area (Å²) in [7, 11) is 2.96. The zero-order valence-corrected chi connectivity index (χ0v) is 17.1. The number of aromatic nitrogens is 3. The van der Waals surface area contributed by atoms with Crippen molar-refractivity contribution in [3.05, 3.63) is 45.5 Å². The van der Waals surface area contributed by atoms with Gasteiger partial charge in [-0.25, -0.2) is 4.98 Å². The first kappa shape index (κ1) is 18.8. The van der Waals surface area contributed by atoms with Crippen LogP contribution in [0.1, 0.15) is 34.8 Å². The normalized spacial score (nSPS) is 16.2. The number of benzene rings is 1. The van der Waals surface area contributed by atoms with E-state index in [9.17, 15) is 4.79 Å². The maximum Gasteiger partial charge on any atom is 0.292 e. The van der Waals surface area contributed by atoms with Crippen LogP contribution in [0, 0.1) is 0 Å². The van der Waals surface area contributed by atoms with Crippen LogP contribution in [0.5, 0.6) is 11.6 Å². The molecule has 0 unspecified atom stereocenters. The van der Waals surface area contributed by atoms with Crippen molar-refractivity contribution in [2.24, 2.45) is 0 Å². The third kappa shape index (κ3) is 2.86. The summed E-state index contributed by atoms with van der Waals surface area (Å²) >= 11 is 12.5. The smallest absolute Gasteiger partial charge is 0.292 e. The van der Waals surface area contributed by atoms with Gasteiger partial charge in [-0.05, 0) is 13.0 Å². The van der Waals surface area contributed by atoms with E-state index in [2.05, 4.69) is 15.0 Å². The second-order valence-corrected chi connectivity index (χ2v) is 7.28. The molecular weight excluding hydrogens is 403 g/mol. The fourth-order valence-corrected chi connectivity index (χ4v) is 4.05. The van der Waals surface area contributed by atoms with Gasteiger partial charge < -0.3 is 19.4 Å². The summed E-state index contributed by atoms with van der Waals surface area (Å²) in [6.45, 7) is 2.51. The number of H-pyrrole nitrogens is 1. The Morgan fingerprint density at radius 3 is 2.79 bits per heavy atom. The van der Waals surface area contributed by atoms with E-state index < -0.39 is 0 Å². The van der Waals surface area contributed by atoms with Crippen molar-refractivity contribution in [2.45, 2.75) is 19.4 Å². The molecule has 2 aromatic heterocycles. The average molecular weight is 421 g/mol. The van der Waals surface area contributed by atoms with Gasteiger partial charge in [0.2, 0.25) is 5.82 Å². The van der Waals surface area contributed by atoms with Crippen LogP contribution in [-0.4, -0.2) is 46.5 Å². The Kier molecular flexibility index (Phi) is 4.81. The van der Waals surface area contributed by atoms with Gasteiger partial charge in [0, 0.05) is 29.6 Å². The number of aromatic amines is 1. The minimum atomic E-state index is -0.270. The monoisotopic (exact) mass is 420 g/mol. The van der Waals surface area contributed by atoms with Crippen LogP contribution in [-0.2, 0) is 6.42 Å². The number of rotatable bonds is 3. The highest BCUT2D eigenvalue weighted by molar-refractivity contribution is 6.45. The van der Waals surface area contributed by atoms with Gasteiger partial charge in [0.15, 0.2) is 5.75 Å². The van der Waals surface area contributed by atoms with Gasteiger partial charge in [0.05, 0.1) is 42.0 Å². The van der Waals surface area contributed by atoms with Crippen molar-refractivity contribution in [2.75, 3.05) is 20.8 Å². The maximum atomic E-state index is 13.1. The second-order valence-electron chi connectivity index (χ2n) is 6.50. The minimum Gasteiger partial charge on any atom is -0.490 e. The van der Waals surface area contributed by atoms with E-state index in [-0.39, 0.29) is 23.7 Å². The zero-order valence-electron chi connectivity index (χ0n) is 15.5. The van der Waals surface area contributed by atoms with Gasteiger partial charge in [-0.3, -0.25) is 4.79 Å². The molecule has 1 aliphatic rings. The van der Waals surface area contributed by atoms with Crippen LogP contribution in [0.3, 0.4) is 0 Å². The van der Waals surface area contributed by atoms with Crippen molar-refractivity contribution in [3.8, 4) is 11.6 Å². The van der Waals surface area contributed by atoms with Crippen LogP contribution in [0.4, 0.5) is 0 Å². The molecule has 4 rings (SSSR count). The lowest BCUT2D eigenvalue weighted by Crippen LogP contribution is -2.39. The number of amides is 1. The summed E-state index contributed by atoms with van der Waals surface area (Å²) < 4.78 is 10.3. The minimum absolute atomic E-state index is 0.0638. The average Bonchev–Trinajstić information content (AvgIpc) is 3.10. The first-order valence-corrected chi connectivity index (χ1v) is 9.46. The number of carbonyl (C=O) groups is 1. The third-order valence-electron chi connectivity index (χ3n) is 5.06. The number of fused-ring (bicyclic) bond motifs is 3. The number of nitrogens with zero attached hydrogens (tertiary/aromatic N) is 3. The Labute approximate surface area is 171 Å². The lowest BCUT2D eigenvalue weighted by atomic mass is 9.97. The van der Waals surface area contributed by atoms with Crippen molar-refractivity contribution in [1.82, 2.24) is 19.9 Å². The Morgan fingerprint density at radius 2 is 2.07 bits per heavy atom. The number of nitrogens with one attached hydrogen (secondary N) is 1. The Balaban J connectivity index is 1.72. The predicted octanol–water partition coefficient (Wildman–Crippen LogP) is 4.04. The van der Waals surface area contributed by atoms with Crippen molar-refractivity contribution in [3.63, 3.8) is 0 Å². The molecule has 1 atom stereocenters. The quantitative estimate of drug-likeness (QED) is 0.691. The molecule has 0 radical (unpaired) electrons. The zero-order chi connectivity index (χ0) is 20.0. The highest BCUT2D eigenvalue weighted by Crippen LogP contribution is 2.40. The molecule has 0 bridgehead atoms. The molecule has 1 N–H and O–H groups in total. The highest BCUT2D eigenvalue weighted by Gasteiger charge is 2.33. The van der Waals surface area contributed by atoms with E-state index in [1.165, 1.54) is 20.4 Å². The third-order valence-corrected chi connectivity index (χ3v) is 5.87. The molecule has 0 saturated carbocycles. The van der Waals surface area contributed by atoms with Crippen LogP contribution in [0.2, 0.25) is 10.0 Å². The molecule has 28 heavy (non-hydrogen) atoms. The fraction of sp³-hybridized carbons (Fsp3) is 0.316. The Morgan fingerprint density at radius 1 is 1.29 bits per heavy atom. The van der Waals surface area contributed by atoms with Crippen LogP contribution in [0.15, 0.2) is 18.3 Å². The van der Waals surface area contributed by atoms with Gasteiger partial charge in [-0.2, -0.15) is 4.98 Å². The Hall–Kier alpha value is -2.51. The van der Waals surface area contributed by atoms with E-state index in [1.54, 1.807) is 11.0 Å². The summed E-state index contributed by atoms with van der Waals surface area (Å²) in [5.41, 5.74) is 2.89. The topological polar surface area (TPSA) is 80.3 Å². The summed E-state index contributed by atoms with van der Waals surface area (Å²) in [4.78, 5) is 26.6. The molecule has 0 aliphatic carbocycles. The van der Waals surface area contributed by atoms with Gasteiger partial charge in [-0.1, -0.05) is 29.3 Å².